The van der Waals surface area contributed by atoms with Crippen molar-refractivity contribution in [2.24, 2.45) is 0 Å². The molecule has 122 valence electrons. The minimum atomic E-state index is 0.0584. The topological polar surface area (TPSA) is 46.3 Å². The predicted octanol–water partition coefficient (Wildman–Crippen LogP) is 3.85. The molecule has 24 heavy (non-hydrogen) atoms. The number of likely N-dealkylation sites (N-methyl/N-ethyl adjacent to an activating group) is 1. The molecule has 1 heterocycles. The van der Waals surface area contributed by atoms with E-state index in [0.29, 0.717) is 13.0 Å². The molecule has 0 aliphatic heterocycles. The van der Waals surface area contributed by atoms with Gasteiger partial charge in [-0.3, -0.25) is 4.79 Å². The number of amides is 1. The van der Waals surface area contributed by atoms with Crippen molar-refractivity contribution >= 4 is 5.91 Å². The highest BCUT2D eigenvalue weighted by Crippen LogP contribution is 2.19. The summed E-state index contributed by atoms with van der Waals surface area (Å²) in [6.45, 7) is 2.30. The standard InChI is InChI=1S/C20H20N2O2/c1-15-12-19(21-24-15)14-22(2)20(23)13-16-8-10-18(11-9-16)17-6-4-3-5-7-17/h3-12H,13-14H2,1-2H3. The summed E-state index contributed by atoms with van der Waals surface area (Å²) >= 11 is 0. The van der Waals surface area contributed by atoms with E-state index in [0.717, 1.165) is 22.6 Å². The number of hydrogen-bond donors (Lipinski definition) is 0. The molecular formula is C20H20N2O2. The largest absolute Gasteiger partial charge is 0.361 e. The first-order chi connectivity index (χ1) is 11.6. The van der Waals surface area contributed by atoms with Crippen molar-refractivity contribution in [2.75, 3.05) is 7.05 Å². The number of hydrogen-bond acceptors (Lipinski definition) is 3. The normalized spacial score (nSPS) is 10.6. The highest BCUT2D eigenvalue weighted by molar-refractivity contribution is 5.78. The third kappa shape index (κ3) is 3.90. The van der Waals surface area contributed by atoms with Gasteiger partial charge in [-0.2, -0.15) is 0 Å². The fourth-order valence-electron chi connectivity index (χ4n) is 2.58. The van der Waals surface area contributed by atoms with E-state index in [1.165, 1.54) is 5.56 Å². The fraction of sp³-hybridized carbons (Fsp3) is 0.200. The Hall–Kier alpha value is -2.88. The first-order valence-electron chi connectivity index (χ1n) is 7.92. The van der Waals surface area contributed by atoms with E-state index in [9.17, 15) is 4.79 Å². The van der Waals surface area contributed by atoms with Crippen molar-refractivity contribution in [1.29, 1.82) is 0 Å². The van der Waals surface area contributed by atoms with Crippen molar-refractivity contribution in [3.8, 4) is 11.1 Å². The van der Waals surface area contributed by atoms with E-state index >= 15 is 0 Å². The molecule has 0 bridgehead atoms. The van der Waals surface area contributed by atoms with Gasteiger partial charge in [-0.15, -0.1) is 0 Å². The van der Waals surface area contributed by atoms with Gasteiger partial charge in [0.15, 0.2) is 0 Å². The van der Waals surface area contributed by atoms with Crippen LogP contribution >= 0.6 is 0 Å². The lowest BCUT2D eigenvalue weighted by Crippen LogP contribution is -2.27. The minimum absolute atomic E-state index is 0.0584. The number of aromatic nitrogens is 1. The Balaban J connectivity index is 1.62. The lowest BCUT2D eigenvalue weighted by molar-refractivity contribution is -0.129. The fourth-order valence-corrected chi connectivity index (χ4v) is 2.58. The molecule has 3 aromatic rings. The Kier molecular flexibility index (Phi) is 4.75. The molecule has 0 radical (unpaired) electrons. The van der Waals surface area contributed by atoms with Crippen molar-refractivity contribution in [2.45, 2.75) is 19.9 Å². The summed E-state index contributed by atoms with van der Waals surface area (Å²) in [6, 6.07) is 20.2. The Morgan fingerprint density at radius 2 is 1.71 bits per heavy atom. The highest BCUT2D eigenvalue weighted by Gasteiger charge is 2.12. The molecule has 1 aromatic heterocycles. The van der Waals surface area contributed by atoms with E-state index in [-0.39, 0.29) is 5.91 Å². The van der Waals surface area contributed by atoms with Crippen LogP contribution in [0.5, 0.6) is 0 Å². The molecule has 0 spiro atoms. The second-order valence-corrected chi connectivity index (χ2v) is 5.92. The third-order valence-electron chi connectivity index (χ3n) is 3.92. The van der Waals surface area contributed by atoms with Gasteiger partial charge < -0.3 is 9.42 Å². The van der Waals surface area contributed by atoms with Gasteiger partial charge >= 0.3 is 0 Å². The molecule has 0 aliphatic rings. The Morgan fingerprint density at radius 1 is 1.04 bits per heavy atom. The van der Waals surface area contributed by atoms with E-state index in [1.54, 1.807) is 11.9 Å². The zero-order valence-electron chi connectivity index (χ0n) is 13.9. The van der Waals surface area contributed by atoms with Crippen LogP contribution in [0, 0.1) is 6.92 Å². The second kappa shape index (κ2) is 7.13. The third-order valence-corrected chi connectivity index (χ3v) is 3.92. The highest BCUT2D eigenvalue weighted by atomic mass is 16.5. The van der Waals surface area contributed by atoms with Crippen molar-refractivity contribution in [3.05, 3.63) is 77.7 Å². The van der Waals surface area contributed by atoms with Crippen LogP contribution in [0.4, 0.5) is 0 Å². The molecule has 2 aromatic carbocycles. The van der Waals surface area contributed by atoms with Gasteiger partial charge in [-0.1, -0.05) is 59.8 Å². The molecule has 0 aliphatic carbocycles. The van der Waals surface area contributed by atoms with Crippen molar-refractivity contribution < 1.29 is 9.32 Å². The summed E-state index contributed by atoms with van der Waals surface area (Å²) in [5, 5.41) is 3.92. The van der Waals surface area contributed by atoms with Crippen molar-refractivity contribution in [3.63, 3.8) is 0 Å². The van der Waals surface area contributed by atoms with E-state index in [1.807, 2.05) is 43.3 Å². The van der Waals surface area contributed by atoms with Crippen LogP contribution in [-0.2, 0) is 17.8 Å². The van der Waals surface area contributed by atoms with Crippen LogP contribution in [0.3, 0.4) is 0 Å². The zero-order valence-corrected chi connectivity index (χ0v) is 13.9. The molecule has 4 heteroatoms. The molecule has 0 atom stereocenters. The van der Waals surface area contributed by atoms with Gasteiger partial charge in [0, 0.05) is 13.1 Å². The van der Waals surface area contributed by atoms with Gasteiger partial charge in [0.05, 0.1) is 13.0 Å². The van der Waals surface area contributed by atoms with Crippen molar-refractivity contribution in [1.82, 2.24) is 10.1 Å². The lowest BCUT2D eigenvalue weighted by atomic mass is 10.0. The van der Waals surface area contributed by atoms with Crippen LogP contribution in [-0.4, -0.2) is 23.0 Å². The molecule has 0 saturated heterocycles. The average molecular weight is 320 g/mol. The first kappa shape index (κ1) is 16.0. The molecular weight excluding hydrogens is 300 g/mol. The monoisotopic (exact) mass is 320 g/mol. The van der Waals surface area contributed by atoms with Crippen LogP contribution in [0.2, 0.25) is 0 Å². The van der Waals surface area contributed by atoms with Crippen LogP contribution in [0.1, 0.15) is 17.0 Å². The van der Waals surface area contributed by atoms with Gasteiger partial charge in [0.25, 0.3) is 0 Å². The quantitative estimate of drug-likeness (QED) is 0.717. The smallest absolute Gasteiger partial charge is 0.227 e. The van der Waals surface area contributed by atoms with E-state index < -0.39 is 0 Å². The number of aryl methyl sites for hydroxylation is 1. The van der Waals surface area contributed by atoms with Gasteiger partial charge in [-0.05, 0) is 23.6 Å². The lowest BCUT2D eigenvalue weighted by Gasteiger charge is -2.15. The van der Waals surface area contributed by atoms with Gasteiger partial charge in [0.1, 0.15) is 11.5 Å². The summed E-state index contributed by atoms with van der Waals surface area (Å²) in [4.78, 5) is 14.0. The van der Waals surface area contributed by atoms with Crippen LogP contribution in [0.15, 0.2) is 65.2 Å². The molecule has 0 N–H and O–H groups in total. The summed E-state index contributed by atoms with van der Waals surface area (Å²) in [5.41, 5.74) is 4.10. The van der Waals surface area contributed by atoms with E-state index in [2.05, 4.69) is 29.4 Å². The Morgan fingerprint density at radius 3 is 2.33 bits per heavy atom. The molecule has 0 fully saturated rings. The Bertz CT molecular complexity index is 807. The van der Waals surface area contributed by atoms with Gasteiger partial charge in [0.2, 0.25) is 5.91 Å². The summed E-state index contributed by atoms with van der Waals surface area (Å²) in [6.07, 6.45) is 0.377. The predicted molar refractivity (Wildman–Crippen MR) is 93.3 cm³/mol. The average Bonchev–Trinajstić information content (AvgIpc) is 3.01. The second-order valence-electron chi connectivity index (χ2n) is 5.92. The Labute approximate surface area is 141 Å². The molecule has 3 rings (SSSR count). The molecule has 0 unspecified atom stereocenters. The SMILES string of the molecule is Cc1cc(CN(C)C(=O)Cc2ccc(-c3ccccc3)cc2)no1. The molecule has 4 nitrogen and oxygen atoms in total. The molecule has 1 amide bonds. The summed E-state index contributed by atoms with van der Waals surface area (Å²) < 4.78 is 5.03. The minimum Gasteiger partial charge on any atom is -0.361 e. The number of rotatable bonds is 5. The number of carbonyl (C=O) groups excluding carboxylic acids is 1. The maximum absolute atomic E-state index is 12.3. The molecule has 0 saturated carbocycles. The number of carbonyl (C=O) groups is 1. The maximum Gasteiger partial charge on any atom is 0.227 e. The number of benzene rings is 2. The number of nitrogens with zero attached hydrogens (tertiary/aromatic N) is 2. The van der Waals surface area contributed by atoms with Crippen LogP contribution in [0.25, 0.3) is 11.1 Å². The van der Waals surface area contributed by atoms with E-state index in [4.69, 9.17) is 4.52 Å². The van der Waals surface area contributed by atoms with Crippen LogP contribution < -0.4 is 0 Å². The summed E-state index contributed by atoms with van der Waals surface area (Å²) in [5.74, 6) is 0.811. The van der Waals surface area contributed by atoms with Gasteiger partial charge in [-0.25, -0.2) is 0 Å². The zero-order chi connectivity index (χ0) is 16.9. The first-order valence-corrected chi connectivity index (χ1v) is 7.92. The summed E-state index contributed by atoms with van der Waals surface area (Å²) in [7, 11) is 1.78. The maximum atomic E-state index is 12.3.